The second kappa shape index (κ2) is 6.07. The van der Waals surface area contributed by atoms with Crippen LogP contribution in [0.1, 0.15) is 55.1 Å². The van der Waals surface area contributed by atoms with Crippen LogP contribution in [-0.2, 0) is 0 Å². The quantitative estimate of drug-likeness (QED) is 0.937. The molecule has 0 spiro atoms. The van der Waals surface area contributed by atoms with Crippen molar-refractivity contribution in [2.24, 2.45) is 5.92 Å². The lowest BCUT2D eigenvalue weighted by Crippen LogP contribution is -2.34. The van der Waals surface area contributed by atoms with Gasteiger partial charge in [-0.1, -0.05) is 0 Å². The van der Waals surface area contributed by atoms with Crippen LogP contribution in [-0.4, -0.2) is 39.6 Å². The standard InChI is InChI=1S/C18H25N5O/c1-12-10-16(22-8-4-3-5-9-22)21-17-15(11-19-23(12)17)18(24)20-13(2)14-6-7-14/h10-11,13-14H,3-9H2,1-2H3,(H,20,24)/t13-/m0/s1. The van der Waals surface area contributed by atoms with Crippen molar-refractivity contribution in [1.29, 1.82) is 0 Å². The maximum atomic E-state index is 12.6. The van der Waals surface area contributed by atoms with Crippen LogP contribution in [0.3, 0.4) is 0 Å². The Morgan fingerprint density at radius 2 is 2.04 bits per heavy atom. The predicted octanol–water partition coefficient (Wildman–Crippen LogP) is 2.56. The Morgan fingerprint density at radius 1 is 1.29 bits per heavy atom. The lowest BCUT2D eigenvalue weighted by Gasteiger charge is -2.28. The molecule has 1 amide bonds. The average Bonchev–Trinajstić information content (AvgIpc) is 3.35. The molecule has 1 saturated carbocycles. The maximum Gasteiger partial charge on any atom is 0.256 e. The Hall–Kier alpha value is -2.11. The normalized spacial score (nSPS) is 19.5. The van der Waals surface area contributed by atoms with E-state index in [4.69, 9.17) is 4.98 Å². The molecule has 2 aliphatic rings. The molecule has 3 heterocycles. The topological polar surface area (TPSA) is 62.5 Å². The zero-order valence-electron chi connectivity index (χ0n) is 14.5. The number of rotatable bonds is 4. The van der Waals surface area contributed by atoms with Crippen LogP contribution in [0.15, 0.2) is 12.3 Å². The molecule has 1 aliphatic carbocycles. The third-order valence-corrected chi connectivity index (χ3v) is 5.25. The van der Waals surface area contributed by atoms with E-state index < -0.39 is 0 Å². The van der Waals surface area contributed by atoms with Gasteiger partial charge in [-0.2, -0.15) is 5.10 Å². The summed E-state index contributed by atoms with van der Waals surface area (Å²) < 4.78 is 1.77. The summed E-state index contributed by atoms with van der Waals surface area (Å²) in [6.45, 7) is 6.18. The van der Waals surface area contributed by atoms with E-state index in [9.17, 15) is 4.79 Å². The summed E-state index contributed by atoms with van der Waals surface area (Å²) in [5.41, 5.74) is 2.25. The number of hydrogen-bond acceptors (Lipinski definition) is 4. The summed E-state index contributed by atoms with van der Waals surface area (Å²) in [6.07, 6.45) is 7.77. The van der Waals surface area contributed by atoms with Gasteiger partial charge in [0.05, 0.1) is 6.20 Å². The molecule has 1 saturated heterocycles. The molecular formula is C18H25N5O. The average molecular weight is 327 g/mol. The van der Waals surface area contributed by atoms with Crippen molar-refractivity contribution in [3.8, 4) is 0 Å². The first-order valence-electron chi connectivity index (χ1n) is 9.04. The summed E-state index contributed by atoms with van der Waals surface area (Å²) in [4.78, 5) is 19.7. The number of aromatic nitrogens is 3. The molecule has 0 bridgehead atoms. The summed E-state index contributed by atoms with van der Waals surface area (Å²) in [6, 6.07) is 2.29. The van der Waals surface area contributed by atoms with Crippen molar-refractivity contribution < 1.29 is 4.79 Å². The second-order valence-electron chi connectivity index (χ2n) is 7.20. The van der Waals surface area contributed by atoms with E-state index in [2.05, 4.69) is 28.3 Å². The van der Waals surface area contributed by atoms with Gasteiger partial charge in [-0.25, -0.2) is 9.50 Å². The molecule has 4 rings (SSSR count). The molecule has 1 N–H and O–H groups in total. The third-order valence-electron chi connectivity index (χ3n) is 5.25. The van der Waals surface area contributed by atoms with Gasteiger partial charge < -0.3 is 10.2 Å². The Labute approximate surface area is 142 Å². The van der Waals surface area contributed by atoms with E-state index in [1.54, 1.807) is 10.7 Å². The number of carbonyl (C=O) groups is 1. The lowest BCUT2D eigenvalue weighted by atomic mass is 10.1. The third kappa shape index (κ3) is 2.85. The fourth-order valence-corrected chi connectivity index (χ4v) is 3.54. The fraction of sp³-hybridized carbons (Fsp3) is 0.611. The molecular weight excluding hydrogens is 302 g/mol. The number of piperidine rings is 1. The monoisotopic (exact) mass is 327 g/mol. The Balaban J connectivity index is 1.65. The van der Waals surface area contributed by atoms with Crippen LogP contribution < -0.4 is 10.2 Å². The fourth-order valence-electron chi connectivity index (χ4n) is 3.54. The van der Waals surface area contributed by atoms with Gasteiger partial charge >= 0.3 is 0 Å². The van der Waals surface area contributed by atoms with Crippen LogP contribution in [0.5, 0.6) is 0 Å². The largest absolute Gasteiger partial charge is 0.356 e. The molecule has 2 aromatic rings. The van der Waals surface area contributed by atoms with Crippen LogP contribution in [0.2, 0.25) is 0 Å². The maximum absolute atomic E-state index is 12.6. The SMILES string of the molecule is Cc1cc(N2CCCCC2)nc2c(C(=O)N[C@@H](C)C3CC3)cnn12. The summed E-state index contributed by atoms with van der Waals surface area (Å²) in [5.74, 6) is 1.53. The minimum Gasteiger partial charge on any atom is -0.356 e. The summed E-state index contributed by atoms with van der Waals surface area (Å²) in [7, 11) is 0. The highest BCUT2D eigenvalue weighted by atomic mass is 16.1. The highest BCUT2D eigenvalue weighted by Crippen LogP contribution is 2.32. The smallest absolute Gasteiger partial charge is 0.256 e. The Bertz CT molecular complexity index is 758. The van der Waals surface area contributed by atoms with E-state index in [0.29, 0.717) is 17.1 Å². The zero-order chi connectivity index (χ0) is 16.7. The van der Waals surface area contributed by atoms with Gasteiger partial charge in [0.1, 0.15) is 11.4 Å². The van der Waals surface area contributed by atoms with Gasteiger partial charge in [-0.3, -0.25) is 4.79 Å². The van der Waals surface area contributed by atoms with Gasteiger partial charge in [0, 0.05) is 30.9 Å². The van der Waals surface area contributed by atoms with Gasteiger partial charge in [0.15, 0.2) is 5.65 Å². The summed E-state index contributed by atoms with van der Waals surface area (Å²) in [5, 5.41) is 7.48. The van der Waals surface area contributed by atoms with Crippen molar-refractivity contribution >= 4 is 17.4 Å². The highest BCUT2D eigenvalue weighted by Gasteiger charge is 2.30. The Kier molecular flexibility index (Phi) is 3.90. The van der Waals surface area contributed by atoms with E-state index in [1.165, 1.54) is 32.1 Å². The van der Waals surface area contributed by atoms with Crippen LogP contribution in [0, 0.1) is 12.8 Å². The van der Waals surface area contributed by atoms with E-state index in [0.717, 1.165) is 24.6 Å². The first-order chi connectivity index (χ1) is 11.6. The Morgan fingerprint density at radius 3 is 2.75 bits per heavy atom. The van der Waals surface area contributed by atoms with Crippen LogP contribution in [0.4, 0.5) is 5.82 Å². The molecule has 2 fully saturated rings. The van der Waals surface area contributed by atoms with E-state index in [1.807, 2.05) is 6.92 Å². The minimum absolute atomic E-state index is 0.0629. The molecule has 1 atom stereocenters. The van der Waals surface area contributed by atoms with E-state index >= 15 is 0 Å². The molecule has 128 valence electrons. The lowest BCUT2D eigenvalue weighted by molar-refractivity contribution is 0.0937. The van der Waals surface area contributed by atoms with E-state index in [-0.39, 0.29) is 11.9 Å². The molecule has 6 nitrogen and oxygen atoms in total. The first-order valence-corrected chi connectivity index (χ1v) is 9.04. The van der Waals surface area contributed by atoms with Gasteiger partial charge in [0.2, 0.25) is 0 Å². The first kappa shape index (κ1) is 15.4. The number of nitrogens with one attached hydrogen (secondary N) is 1. The van der Waals surface area contributed by atoms with Crippen LogP contribution in [0.25, 0.3) is 5.65 Å². The minimum atomic E-state index is -0.0629. The number of carbonyl (C=O) groups excluding carboxylic acids is 1. The second-order valence-corrected chi connectivity index (χ2v) is 7.20. The number of nitrogens with zero attached hydrogens (tertiary/aromatic N) is 4. The van der Waals surface area contributed by atoms with Crippen molar-refractivity contribution in [3.63, 3.8) is 0 Å². The molecule has 0 radical (unpaired) electrons. The zero-order valence-corrected chi connectivity index (χ0v) is 14.5. The highest BCUT2D eigenvalue weighted by molar-refractivity contribution is 6.00. The van der Waals surface area contributed by atoms with Crippen molar-refractivity contribution in [3.05, 3.63) is 23.5 Å². The predicted molar refractivity (Wildman–Crippen MR) is 93.4 cm³/mol. The molecule has 2 aromatic heterocycles. The summed E-state index contributed by atoms with van der Waals surface area (Å²) >= 11 is 0. The molecule has 1 aliphatic heterocycles. The molecule has 0 aromatic carbocycles. The van der Waals surface area contributed by atoms with Crippen molar-refractivity contribution in [2.45, 2.75) is 52.0 Å². The number of anilines is 1. The van der Waals surface area contributed by atoms with Gasteiger partial charge in [-0.05, 0) is 51.9 Å². The van der Waals surface area contributed by atoms with Gasteiger partial charge in [-0.15, -0.1) is 0 Å². The van der Waals surface area contributed by atoms with Crippen molar-refractivity contribution in [2.75, 3.05) is 18.0 Å². The number of fused-ring (bicyclic) bond motifs is 1. The molecule has 0 unspecified atom stereocenters. The van der Waals surface area contributed by atoms with Crippen molar-refractivity contribution in [1.82, 2.24) is 19.9 Å². The molecule has 6 heteroatoms. The number of hydrogen-bond donors (Lipinski definition) is 1. The number of aryl methyl sites for hydroxylation is 1. The number of amides is 1. The molecule has 24 heavy (non-hydrogen) atoms. The van der Waals surface area contributed by atoms with Crippen LogP contribution >= 0.6 is 0 Å². The van der Waals surface area contributed by atoms with Gasteiger partial charge in [0.25, 0.3) is 5.91 Å².